The highest BCUT2D eigenvalue weighted by Gasteiger charge is 2.41. The molecule has 0 radical (unpaired) electrons. The number of nitrogens with one attached hydrogen (secondary N) is 2. The summed E-state index contributed by atoms with van der Waals surface area (Å²) in [6.45, 7) is 1.80. The zero-order valence-electron chi connectivity index (χ0n) is 18.3. The minimum Gasteiger partial charge on any atom is -0.354 e. The lowest BCUT2D eigenvalue weighted by Crippen LogP contribution is -2.46. The smallest absolute Gasteiger partial charge is 0.354 e. The average Bonchev–Trinajstić information content (AvgIpc) is 3.63. The number of pyridine rings is 2. The van der Waals surface area contributed by atoms with Gasteiger partial charge in [-0.15, -0.1) is 0 Å². The molecule has 0 aliphatic heterocycles. The zero-order chi connectivity index (χ0) is 25.9. The van der Waals surface area contributed by atoms with Crippen LogP contribution in [0, 0.1) is 5.95 Å². The molecule has 2 N–H and O–H groups in total. The van der Waals surface area contributed by atoms with E-state index in [0.29, 0.717) is 12.8 Å². The Morgan fingerprint density at radius 2 is 1.91 bits per heavy atom. The number of hydrogen-bond donors (Lipinski definition) is 2. The molecule has 3 rings (SSSR count). The molecule has 0 bridgehead atoms. The van der Waals surface area contributed by atoms with Crippen molar-refractivity contribution in [2.24, 2.45) is 0 Å². The summed E-state index contributed by atoms with van der Waals surface area (Å²) in [5.41, 5.74) is -0.135. The van der Waals surface area contributed by atoms with Crippen LogP contribution in [0.25, 0.3) is 11.3 Å². The fourth-order valence-corrected chi connectivity index (χ4v) is 3.63. The van der Waals surface area contributed by atoms with E-state index >= 15 is 0 Å². The standard InChI is InChI=1S/C22H20ClF4N5O3/c1-3-18(33)32(13-4-5-13)19(21(35)29-10-22(25,26)27)12-7-14(30-16(23)8-12)11-6-15(20(34)28-2)31-17(24)9-11/h3,6-9,13,19H,1,4-5,10H2,2H3,(H,28,34)(H,29,35). The van der Waals surface area contributed by atoms with Gasteiger partial charge < -0.3 is 15.5 Å². The molecule has 0 saturated heterocycles. The van der Waals surface area contributed by atoms with Gasteiger partial charge in [0.25, 0.3) is 5.91 Å². The first-order valence-corrected chi connectivity index (χ1v) is 10.7. The Labute approximate surface area is 202 Å². The maximum Gasteiger partial charge on any atom is 0.405 e. The van der Waals surface area contributed by atoms with Gasteiger partial charge in [0.05, 0.1) is 5.69 Å². The van der Waals surface area contributed by atoms with Crippen LogP contribution >= 0.6 is 11.6 Å². The fraction of sp³-hybridized carbons (Fsp3) is 0.318. The summed E-state index contributed by atoms with van der Waals surface area (Å²) >= 11 is 6.15. The van der Waals surface area contributed by atoms with Gasteiger partial charge in [0.1, 0.15) is 23.4 Å². The molecule has 1 aliphatic rings. The molecule has 1 fully saturated rings. The Hall–Kier alpha value is -3.54. The lowest BCUT2D eigenvalue weighted by atomic mass is 10.0. The monoisotopic (exact) mass is 513 g/mol. The lowest BCUT2D eigenvalue weighted by molar-refractivity contribution is -0.145. The van der Waals surface area contributed by atoms with Crippen molar-refractivity contribution in [2.75, 3.05) is 13.6 Å². The minimum atomic E-state index is -4.68. The highest BCUT2D eigenvalue weighted by atomic mass is 35.5. The average molecular weight is 514 g/mol. The predicted molar refractivity (Wildman–Crippen MR) is 118 cm³/mol. The first-order valence-electron chi connectivity index (χ1n) is 10.3. The van der Waals surface area contributed by atoms with E-state index in [9.17, 15) is 31.9 Å². The fourth-order valence-electron chi connectivity index (χ4n) is 3.41. The van der Waals surface area contributed by atoms with Crippen LogP contribution in [-0.2, 0) is 9.59 Å². The maximum absolute atomic E-state index is 14.1. The normalized spacial score (nSPS) is 14.1. The summed E-state index contributed by atoms with van der Waals surface area (Å²) in [6.07, 6.45) is -2.64. The summed E-state index contributed by atoms with van der Waals surface area (Å²) in [5, 5.41) is 3.94. The Kier molecular flexibility index (Phi) is 7.73. The van der Waals surface area contributed by atoms with Crippen molar-refractivity contribution in [1.29, 1.82) is 0 Å². The first kappa shape index (κ1) is 26.1. The molecule has 1 saturated carbocycles. The maximum atomic E-state index is 14.1. The predicted octanol–water partition coefficient (Wildman–Crippen LogP) is 3.19. The van der Waals surface area contributed by atoms with E-state index in [2.05, 4.69) is 21.9 Å². The first-order chi connectivity index (χ1) is 16.4. The van der Waals surface area contributed by atoms with Gasteiger partial charge in [0.2, 0.25) is 17.8 Å². The van der Waals surface area contributed by atoms with Crippen molar-refractivity contribution >= 4 is 29.3 Å². The van der Waals surface area contributed by atoms with Gasteiger partial charge in [-0.3, -0.25) is 14.4 Å². The number of alkyl halides is 3. The van der Waals surface area contributed by atoms with Crippen LogP contribution < -0.4 is 10.6 Å². The molecule has 0 spiro atoms. The molecule has 0 aromatic carbocycles. The van der Waals surface area contributed by atoms with E-state index in [-0.39, 0.29) is 27.7 Å². The molecular formula is C22H20ClF4N5O3. The van der Waals surface area contributed by atoms with Crippen molar-refractivity contribution in [3.63, 3.8) is 0 Å². The van der Waals surface area contributed by atoms with Gasteiger partial charge in [-0.05, 0) is 42.7 Å². The largest absolute Gasteiger partial charge is 0.405 e. The Morgan fingerprint density at radius 3 is 2.49 bits per heavy atom. The molecule has 186 valence electrons. The molecule has 2 aromatic heterocycles. The Morgan fingerprint density at radius 1 is 1.23 bits per heavy atom. The second-order valence-corrected chi connectivity index (χ2v) is 8.05. The second kappa shape index (κ2) is 10.4. The summed E-state index contributed by atoms with van der Waals surface area (Å²) in [4.78, 5) is 46.2. The molecule has 2 heterocycles. The van der Waals surface area contributed by atoms with Crippen molar-refractivity contribution < 1.29 is 31.9 Å². The third-order valence-electron chi connectivity index (χ3n) is 5.04. The number of amides is 3. The summed E-state index contributed by atoms with van der Waals surface area (Å²) in [6, 6.07) is 2.83. The Balaban J connectivity index is 2.11. The van der Waals surface area contributed by atoms with Crippen LogP contribution in [0.1, 0.15) is 34.9 Å². The van der Waals surface area contributed by atoms with E-state index in [0.717, 1.165) is 17.0 Å². The molecule has 35 heavy (non-hydrogen) atoms. The van der Waals surface area contributed by atoms with Gasteiger partial charge in [-0.25, -0.2) is 9.97 Å². The number of rotatable bonds is 8. The van der Waals surface area contributed by atoms with Gasteiger partial charge in [0.15, 0.2) is 0 Å². The number of carbonyl (C=O) groups excluding carboxylic acids is 3. The highest BCUT2D eigenvalue weighted by molar-refractivity contribution is 6.29. The molecule has 13 heteroatoms. The van der Waals surface area contributed by atoms with E-state index in [4.69, 9.17) is 11.6 Å². The number of carbonyl (C=O) groups is 3. The van der Waals surface area contributed by atoms with Crippen LogP contribution in [0.15, 0.2) is 36.9 Å². The number of halogens is 5. The topological polar surface area (TPSA) is 104 Å². The SMILES string of the molecule is C=CC(=O)N(C1CC1)C(C(=O)NCC(F)(F)F)c1cc(Cl)nc(-c2cc(F)nc(C(=O)NC)c2)c1. The van der Waals surface area contributed by atoms with E-state index in [1.807, 2.05) is 0 Å². The molecule has 3 amide bonds. The molecule has 1 aliphatic carbocycles. The van der Waals surface area contributed by atoms with Gasteiger partial charge in [-0.2, -0.15) is 17.6 Å². The van der Waals surface area contributed by atoms with Crippen LogP contribution in [0.5, 0.6) is 0 Å². The van der Waals surface area contributed by atoms with Crippen molar-refractivity contribution in [3.05, 3.63) is 59.3 Å². The van der Waals surface area contributed by atoms with Gasteiger partial charge in [-0.1, -0.05) is 18.2 Å². The van der Waals surface area contributed by atoms with E-state index in [1.165, 1.54) is 25.2 Å². The van der Waals surface area contributed by atoms with Crippen LogP contribution in [0.3, 0.4) is 0 Å². The summed E-state index contributed by atoms with van der Waals surface area (Å²) in [7, 11) is 1.33. The van der Waals surface area contributed by atoms with Crippen molar-refractivity contribution in [1.82, 2.24) is 25.5 Å². The Bertz CT molecular complexity index is 1170. The summed E-state index contributed by atoms with van der Waals surface area (Å²) < 4.78 is 52.5. The molecule has 2 aromatic rings. The molecule has 8 nitrogen and oxygen atoms in total. The molecule has 1 unspecified atom stereocenters. The van der Waals surface area contributed by atoms with Crippen molar-refractivity contribution in [3.8, 4) is 11.3 Å². The number of hydrogen-bond acceptors (Lipinski definition) is 5. The van der Waals surface area contributed by atoms with Crippen LogP contribution in [0.2, 0.25) is 5.15 Å². The van der Waals surface area contributed by atoms with Crippen LogP contribution in [-0.4, -0.2) is 58.4 Å². The van der Waals surface area contributed by atoms with E-state index in [1.54, 1.807) is 5.32 Å². The molecule has 1 atom stereocenters. The number of aromatic nitrogens is 2. The van der Waals surface area contributed by atoms with Gasteiger partial charge >= 0.3 is 6.18 Å². The lowest BCUT2D eigenvalue weighted by Gasteiger charge is -2.31. The second-order valence-electron chi connectivity index (χ2n) is 7.67. The van der Waals surface area contributed by atoms with Gasteiger partial charge in [0, 0.05) is 24.7 Å². The highest BCUT2D eigenvalue weighted by Crippen LogP contribution is 2.37. The molecular weight excluding hydrogens is 494 g/mol. The number of nitrogens with zero attached hydrogens (tertiary/aromatic N) is 3. The van der Waals surface area contributed by atoms with Crippen molar-refractivity contribution in [2.45, 2.75) is 31.1 Å². The summed E-state index contributed by atoms with van der Waals surface area (Å²) in [5.74, 6) is -3.42. The van der Waals surface area contributed by atoms with Crippen LogP contribution in [0.4, 0.5) is 17.6 Å². The third kappa shape index (κ3) is 6.53. The zero-order valence-corrected chi connectivity index (χ0v) is 19.1. The third-order valence-corrected chi connectivity index (χ3v) is 5.23. The van der Waals surface area contributed by atoms with E-state index < -0.39 is 48.5 Å². The quantitative estimate of drug-likeness (QED) is 0.320. The minimum absolute atomic E-state index is 0.00868.